The normalized spacial score (nSPS) is 14.3. The summed E-state index contributed by atoms with van der Waals surface area (Å²) in [5.41, 5.74) is 1.39. The first-order chi connectivity index (χ1) is 8.20. The fourth-order valence-electron chi connectivity index (χ4n) is 2.17. The highest BCUT2D eigenvalue weighted by atomic mass is 15.1. The first-order valence-corrected chi connectivity index (χ1v) is 6.17. The average Bonchev–Trinajstić information content (AvgIpc) is 2.36. The first-order valence-electron chi connectivity index (χ1n) is 6.17. The monoisotopic (exact) mass is 229 g/mol. The smallest absolute Gasteiger partial charge is 0.0160 e. The van der Waals surface area contributed by atoms with Crippen molar-refractivity contribution in [2.45, 2.75) is 25.3 Å². The van der Waals surface area contributed by atoms with Crippen LogP contribution in [0.25, 0.3) is 0 Å². The minimum atomic E-state index is 0.480. The van der Waals surface area contributed by atoms with E-state index in [0.29, 0.717) is 12.0 Å². The molecule has 0 aliphatic carbocycles. The van der Waals surface area contributed by atoms with Gasteiger partial charge in [0.05, 0.1) is 0 Å². The summed E-state index contributed by atoms with van der Waals surface area (Å²) in [6, 6.07) is 11.1. The van der Waals surface area contributed by atoms with Gasteiger partial charge in [-0.25, -0.2) is 0 Å². The summed E-state index contributed by atoms with van der Waals surface area (Å²) in [5.74, 6) is 0.499. The SMILES string of the molecule is C=CC[C@@H](c1ccccc1)[C@H](C)N(C)CC=C. The van der Waals surface area contributed by atoms with Gasteiger partial charge >= 0.3 is 0 Å². The van der Waals surface area contributed by atoms with Crippen molar-refractivity contribution in [2.75, 3.05) is 13.6 Å². The lowest BCUT2D eigenvalue weighted by atomic mass is 9.88. The molecule has 0 aliphatic rings. The number of likely N-dealkylation sites (N-methyl/N-ethyl adjacent to an activating group) is 1. The Morgan fingerprint density at radius 1 is 1.18 bits per heavy atom. The van der Waals surface area contributed by atoms with Gasteiger partial charge in [-0.05, 0) is 26.0 Å². The third-order valence-corrected chi connectivity index (χ3v) is 3.34. The summed E-state index contributed by atoms with van der Waals surface area (Å²) in [6.45, 7) is 10.9. The van der Waals surface area contributed by atoms with Crippen molar-refractivity contribution in [3.05, 3.63) is 61.2 Å². The Bertz CT molecular complexity index is 342. The van der Waals surface area contributed by atoms with E-state index in [2.05, 4.69) is 62.4 Å². The molecule has 0 spiro atoms. The molecule has 0 radical (unpaired) electrons. The van der Waals surface area contributed by atoms with Crippen LogP contribution in [0.5, 0.6) is 0 Å². The number of nitrogens with zero attached hydrogens (tertiary/aromatic N) is 1. The highest BCUT2D eigenvalue weighted by Gasteiger charge is 2.20. The van der Waals surface area contributed by atoms with E-state index < -0.39 is 0 Å². The fraction of sp³-hybridized carbons (Fsp3) is 0.375. The molecule has 1 aromatic rings. The van der Waals surface area contributed by atoms with Gasteiger partial charge in [-0.15, -0.1) is 13.2 Å². The Morgan fingerprint density at radius 2 is 1.82 bits per heavy atom. The van der Waals surface area contributed by atoms with Crippen molar-refractivity contribution < 1.29 is 0 Å². The van der Waals surface area contributed by atoms with Crippen LogP contribution in [-0.4, -0.2) is 24.5 Å². The van der Waals surface area contributed by atoms with Crippen LogP contribution in [0.4, 0.5) is 0 Å². The molecule has 1 nitrogen and oxygen atoms in total. The van der Waals surface area contributed by atoms with Gasteiger partial charge in [0.25, 0.3) is 0 Å². The lowest BCUT2D eigenvalue weighted by molar-refractivity contribution is 0.247. The molecule has 1 heteroatoms. The molecule has 0 amide bonds. The first kappa shape index (κ1) is 13.7. The molecule has 0 bridgehead atoms. The summed E-state index contributed by atoms with van der Waals surface area (Å²) in [7, 11) is 2.14. The maximum Gasteiger partial charge on any atom is 0.0160 e. The van der Waals surface area contributed by atoms with E-state index in [4.69, 9.17) is 0 Å². The summed E-state index contributed by atoms with van der Waals surface area (Å²) >= 11 is 0. The predicted molar refractivity (Wildman–Crippen MR) is 76.3 cm³/mol. The molecule has 0 unspecified atom stereocenters. The minimum Gasteiger partial charge on any atom is -0.299 e. The van der Waals surface area contributed by atoms with Crippen molar-refractivity contribution in [1.29, 1.82) is 0 Å². The Hall–Kier alpha value is -1.34. The van der Waals surface area contributed by atoms with Crippen LogP contribution in [0, 0.1) is 0 Å². The molecule has 17 heavy (non-hydrogen) atoms. The van der Waals surface area contributed by atoms with Crippen molar-refractivity contribution in [1.82, 2.24) is 4.90 Å². The lowest BCUT2D eigenvalue weighted by Crippen LogP contribution is -2.34. The summed E-state index contributed by atoms with van der Waals surface area (Å²) in [5, 5.41) is 0. The highest BCUT2D eigenvalue weighted by molar-refractivity contribution is 5.22. The van der Waals surface area contributed by atoms with Crippen LogP contribution in [0.15, 0.2) is 55.6 Å². The van der Waals surface area contributed by atoms with Gasteiger partial charge in [0, 0.05) is 18.5 Å². The quantitative estimate of drug-likeness (QED) is 0.642. The lowest BCUT2D eigenvalue weighted by Gasteiger charge is -2.31. The maximum absolute atomic E-state index is 3.88. The van der Waals surface area contributed by atoms with Crippen LogP contribution in [-0.2, 0) is 0 Å². The predicted octanol–water partition coefficient (Wildman–Crippen LogP) is 3.85. The summed E-state index contributed by atoms with van der Waals surface area (Å²) in [4.78, 5) is 2.33. The van der Waals surface area contributed by atoms with Gasteiger partial charge in [-0.3, -0.25) is 4.90 Å². The van der Waals surface area contributed by atoms with E-state index in [1.165, 1.54) is 5.56 Å². The molecule has 0 aromatic heterocycles. The van der Waals surface area contributed by atoms with Crippen LogP contribution in [0.2, 0.25) is 0 Å². The number of hydrogen-bond donors (Lipinski definition) is 0. The molecule has 0 fully saturated rings. The number of rotatable bonds is 7. The van der Waals surface area contributed by atoms with Crippen molar-refractivity contribution in [2.24, 2.45) is 0 Å². The zero-order chi connectivity index (χ0) is 12.7. The van der Waals surface area contributed by atoms with Crippen molar-refractivity contribution in [3.63, 3.8) is 0 Å². The van der Waals surface area contributed by atoms with Gasteiger partial charge in [-0.1, -0.05) is 42.5 Å². The third-order valence-electron chi connectivity index (χ3n) is 3.34. The Morgan fingerprint density at radius 3 is 2.35 bits per heavy atom. The van der Waals surface area contributed by atoms with Crippen LogP contribution < -0.4 is 0 Å². The van der Waals surface area contributed by atoms with Gasteiger partial charge in [0.1, 0.15) is 0 Å². The fourth-order valence-corrected chi connectivity index (χ4v) is 2.17. The molecule has 0 saturated carbocycles. The molecular formula is C16H23N. The molecule has 92 valence electrons. The Labute approximate surface area is 105 Å². The van der Waals surface area contributed by atoms with E-state index in [1.54, 1.807) is 0 Å². The highest BCUT2D eigenvalue weighted by Crippen LogP contribution is 2.26. The summed E-state index contributed by atoms with van der Waals surface area (Å²) in [6.07, 6.45) is 4.97. The van der Waals surface area contributed by atoms with Crippen molar-refractivity contribution in [3.8, 4) is 0 Å². The molecule has 0 saturated heterocycles. The van der Waals surface area contributed by atoms with E-state index in [1.807, 2.05) is 12.2 Å². The topological polar surface area (TPSA) is 3.24 Å². The molecule has 1 rings (SSSR count). The molecule has 0 heterocycles. The van der Waals surface area contributed by atoms with Crippen molar-refractivity contribution >= 4 is 0 Å². The Kier molecular flexibility index (Phi) is 5.71. The van der Waals surface area contributed by atoms with E-state index in [0.717, 1.165) is 13.0 Å². The third kappa shape index (κ3) is 3.86. The number of allylic oxidation sites excluding steroid dienone is 1. The number of hydrogen-bond acceptors (Lipinski definition) is 1. The number of benzene rings is 1. The van der Waals surface area contributed by atoms with Gasteiger partial charge in [0.2, 0.25) is 0 Å². The zero-order valence-electron chi connectivity index (χ0n) is 11.0. The molecular weight excluding hydrogens is 206 g/mol. The molecule has 0 aliphatic heterocycles. The second-order valence-electron chi connectivity index (χ2n) is 4.51. The van der Waals surface area contributed by atoms with Gasteiger partial charge < -0.3 is 0 Å². The van der Waals surface area contributed by atoms with E-state index in [9.17, 15) is 0 Å². The molecule has 2 atom stereocenters. The van der Waals surface area contributed by atoms with Crippen LogP contribution in [0.3, 0.4) is 0 Å². The average molecular weight is 229 g/mol. The van der Waals surface area contributed by atoms with Crippen LogP contribution in [0.1, 0.15) is 24.8 Å². The van der Waals surface area contributed by atoms with E-state index >= 15 is 0 Å². The maximum atomic E-state index is 3.88. The van der Waals surface area contributed by atoms with Crippen LogP contribution >= 0.6 is 0 Å². The second-order valence-corrected chi connectivity index (χ2v) is 4.51. The van der Waals surface area contributed by atoms with Gasteiger partial charge in [0.15, 0.2) is 0 Å². The van der Waals surface area contributed by atoms with E-state index in [-0.39, 0.29) is 0 Å². The van der Waals surface area contributed by atoms with Gasteiger partial charge in [-0.2, -0.15) is 0 Å². The standard InChI is InChI=1S/C16H23N/c1-5-10-16(14(3)17(4)13-6-2)15-11-8-7-9-12-15/h5-9,11-12,14,16H,1-2,10,13H2,3-4H3/t14-,16+/m0/s1. The zero-order valence-corrected chi connectivity index (χ0v) is 11.0. The summed E-state index contributed by atoms with van der Waals surface area (Å²) < 4.78 is 0. The Balaban J connectivity index is 2.85. The molecule has 0 N–H and O–H groups in total. The second kappa shape index (κ2) is 7.08. The minimum absolute atomic E-state index is 0.480. The largest absolute Gasteiger partial charge is 0.299 e. The molecule has 1 aromatic carbocycles.